The van der Waals surface area contributed by atoms with Crippen LogP contribution >= 0.6 is 0 Å². The average Bonchev–Trinajstić information content (AvgIpc) is 3.11. The SMILES string of the molecule is CCCC(O)C/C=C\C/C=C\C/C=C\C/C=C\CCCC(=O)O[C@@H](CO)COC(=O)CCCCCCCCCCCCCCCCCCC(C)C. The number of aliphatic hydroxyl groups is 2. The Labute approximate surface area is 314 Å². The van der Waals surface area contributed by atoms with Gasteiger partial charge in [0, 0.05) is 12.8 Å². The molecule has 6 nitrogen and oxygen atoms in total. The van der Waals surface area contributed by atoms with Crippen molar-refractivity contribution in [3.63, 3.8) is 0 Å². The van der Waals surface area contributed by atoms with E-state index in [1.807, 2.05) is 0 Å². The predicted octanol–water partition coefficient (Wildman–Crippen LogP) is 12.2. The van der Waals surface area contributed by atoms with Crippen LogP contribution < -0.4 is 0 Å². The van der Waals surface area contributed by atoms with E-state index in [2.05, 4.69) is 69.4 Å². The van der Waals surface area contributed by atoms with E-state index in [4.69, 9.17) is 9.47 Å². The molecule has 0 saturated carbocycles. The van der Waals surface area contributed by atoms with E-state index in [0.717, 1.165) is 70.1 Å². The van der Waals surface area contributed by atoms with Crippen LogP contribution in [0.2, 0.25) is 0 Å². The number of unbranched alkanes of at least 4 members (excludes halogenated alkanes) is 16. The normalized spacial score (nSPS) is 13.4. The molecule has 0 aliphatic heterocycles. The van der Waals surface area contributed by atoms with Crippen LogP contribution in [0.5, 0.6) is 0 Å². The molecule has 0 amide bonds. The maximum atomic E-state index is 12.2. The number of carbonyl (C=O) groups is 2. The fourth-order valence-corrected chi connectivity index (χ4v) is 5.92. The highest BCUT2D eigenvalue weighted by atomic mass is 16.6. The topological polar surface area (TPSA) is 93.1 Å². The molecule has 2 N–H and O–H groups in total. The number of hydrogen-bond donors (Lipinski definition) is 2. The Balaban J connectivity index is 3.63. The molecule has 0 aliphatic carbocycles. The Bertz CT molecular complexity index is 889. The smallest absolute Gasteiger partial charge is 0.306 e. The number of ether oxygens (including phenoxy) is 2. The summed E-state index contributed by atoms with van der Waals surface area (Å²) in [6.45, 7) is 6.26. The second kappa shape index (κ2) is 39.0. The molecule has 0 spiro atoms. The van der Waals surface area contributed by atoms with Gasteiger partial charge in [-0.3, -0.25) is 9.59 Å². The number of hydrogen-bond acceptors (Lipinski definition) is 6. The van der Waals surface area contributed by atoms with Gasteiger partial charge in [-0.2, -0.15) is 0 Å². The van der Waals surface area contributed by atoms with E-state index in [1.54, 1.807) is 0 Å². The van der Waals surface area contributed by atoms with E-state index in [9.17, 15) is 19.8 Å². The quantitative estimate of drug-likeness (QED) is 0.0378. The van der Waals surface area contributed by atoms with Gasteiger partial charge in [0.2, 0.25) is 0 Å². The molecule has 0 heterocycles. The van der Waals surface area contributed by atoms with Gasteiger partial charge in [0.05, 0.1) is 12.7 Å². The second-order valence-electron chi connectivity index (χ2n) is 14.7. The van der Waals surface area contributed by atoms with Gasteiger partial charge in [-0.25, -0.2) is 0 Å². The van der Waals surface area contributed by atoms with Crippen LogP contribution in [0.3, 0.4) is 0 Å². The summed E-state index contributed by atoms with van der Waals surface area (Å²) in [6.07, 6.45) is 45.3. The third-order valence-corrected chi connectivity index (χ3v) is 9.11. The predicted molar refractivity (Wildman–Crippen MR) is 216 cm³/mol. The summed E-state index contributed by atoms with van der Waals surface area (Å²) < 4.78 is 10.6. The van der Waals surface area contributed by atoms with E-state index in [-0.39, 0.29) is 37.7 Å². The molecule has 0 bridgehead atoms. The number of esters is 2. The lowest BCUT2D eigenvalue weighted by Crippen LogP contribution is -2.28. The fraction of sp³-hybridized carbons (Fsp3) is 0.778. The monoisotopic (exact) mass is 717 g/mol. The highest BCUT2D eigenvalue weighted by molar-refractivity contribution is 5.70. The molecule has 1 unspecified atom stereocenters. The Kier molecular flexibility index (Phi) is 37.4. The first-order chi connectivity index (χ1) is 24.9. The number of rotatable bonds is 37. The first-order valence-electron chi connectivity index (χ1n) is 21.1. The lowest BCUT2D eigenvalue weighted by Gasteiger charge is -2.15. The Morgan fingerprint density at radius 1 is 0.569 bits per heavy atom. The Morgan fingerprint density at radius 2 is 1.02 bits per heavy atom. The molecule has 0 rings (SSSR count). The summed E-state index contributed by atoms with van der Waals surface area (Å²) in [7, 11) is 0. The minimum atomic E-state index is -0.810. The van der Waals surface area contributed by atoms with Crippen LogP contribution in [0.25, 0.3) is 0 Å². The summed E-state index contributed by atoms with van der Waals surface area (Å²) >= 11 is 0. The summed E-state index contributed by atoms with van der Waals surface area (Å²) in [6, 6.07) is 0. The van der Waals surface area contributed by atoms with Crippen molar-refractivity contribution in [2.24, 2.45) is 5.92 Å². The Morgan fingerprint density at radius 3 is 1.51 bits per heavy atom. The summed E-state index contributed by atoms with van der Waals surface area (Å²) in [4.78, 5) is 24.3. The van der Waals surface area contributed by atoms with Crippen molar-refractivity contribution in [1.29, 1.82) is 0 Å². The van der Waals surface area contributed by atoms with Crippen molar-refractivity contribution in [2.75, 3.05) is 13.2 Å². The van der Waals surface area contributed by atoms with Crippen LogP contribution in [0, 0.1) is 5.92 Å². The van der Waals surface area contributed by atoms with Crippen molar-refractivity contribution < 1.29 is 29.3 Å². The minimum Gasteiger partial charge on any atom is -0.462 e. The van der Waals surface area contributed by atoms with Gasteiger partial charge < -0.3 is 19.7 Å². The van der Waals surface area contributed by atoms with Crippen LogP contribution in [-0.4, -0.2) is 47.6 Å². The standard InChI is InChI=1S/C45H80O6/c1-4-34-42(47)36-31-27-23-19-15-11-9-13-17-21-25-29-33-38-45(49)51-43(39-46)40-50-44(48)37-32-28-24-20-16-12-8-6-5-7-10-14-18-22-26-30-35-41(2)3/h9,13,15,19,21,25,27,31,41-43,46-47H,4-8,10-12,14,16-18,20,22-24,26,28-30,32-40H2,1-3H3/b13-9-,19-15-,25-21-,31-27-/t42?,43-/m0/s1. The Hall–Kier alpha value is -2.18. The van der Waals surface area contributed by atoms with Gasteiger partial charge in [0.15, 0.2) is 6.10 Å². The third kappa shape index (κ3) is 38.9. The van der Waals surface area contributed by atoms with Gasteiger partial charge in [-0.05, 0) is 57.3 Å². The van der Waals surface area contributed by atoms with Gasteiger partial charge in [-0.15, -0.1) is 0 Å². The molecule has 51 heavy (non-hydrogen) atoms. The molecule has 296 valence electrons. The van der Waals surface area contributed by atoms with Gasteiger partial charge in [0.25, 0.3) is 0 Å². The highest BCUT2D eigenvalue weighted by Gasteiger charge is 2.16. The maximum absolute atomic E-state index is 12.2. The third-order valence-electron chi connectivity index (χ3n) is 9.11. The van der Waals surface area contributed by atoms with Crippen LogP contribution in [0.1, 0.15) is 194 Å². The second-order valence-corrected chi connectivity index (χ2v) is 14.7. The largest absolute Gasteiger partial charge is 0.462 e. The lowest BCUT2D eigenvalue weighted by molar-refractivity contribution is -0.161. The summed E-state index contributed by atoms with van der Waals surface area (Å²) in [5, 5.41) is 19.3. The number of aliphatic hydroxyl groups excluding tert-OH is 2. The molecular weight excluding hydrogens is 636 g/mol. The first kappa shape index (κ1) is 48.8. The van der Waals surface area contributed by atoms with E-state index >= 15 is 0 Å². The molecule has 2 atom stereocenters. The fourth-order valence-electron chi connectivity index (χ4n) is 5.92. The van der Waals surface area contributed by atoms with E-state index in [1.165, 1.54) is 89.9 Å². The van der Waals surface area contributed by atoms with Crippen LogP contribution in [-0.2, 0) is 19.1 Å². The molecule has 0 aliphatic rings. The van der Waals surface area contributed by atoms with Crippen molar-refractivity contribution in [3.8, 4) is 0 Å². The number of allylic oxidation sites excluding steroid dienone is 7. The van der Waals surface area contributed by atoms with Crippen molar-refractivity contribution in [3.05, 3.63) is 48.6 Å². The van der Waals surface area contributed by atoms with Crippen LogP contribution in [0.4, 0.5) is 0 Å². The number of carbonyl (C=O) groups excluding carboxylic acids is 2. The van der Waals surface area contributed by atoms with Crippen molar-refractivity contribution in [2.45, 2.75) is 206 Å². The van der Waals surface area contributed by atoms with Gasteiger partial charge in [-0.1, -0.05) is 179 Å². The molecule has 6 heteroatoms. The molecular formula is C45H80O6. The molecule has 0 saturated heterocycles. The molecule has 0 aromatic carbocycles. The minimum absolute atomic E-state index is 0.0964. The zero-order valence-electron chi connectivity index (χ0n) is 33.4. The van der Waals surface area contributed by atoms with Gasteiger partial charge in [0.1, 0.15) is 6.61 Å². The highest BCUT2D eigenvalue weighted by Crippen LogP contribution is 2.15. The molecule has 0 aromatic heterocycles. The zero-order chi connectivity index (χ0) is 37.5. The molecule has 0 aromatic rings. The average molecular weight is 717 g/mol. The van der Waals surface area contributed by atoms with Crippen molar-refractivity contribution >= 4 is 11.9 Å². The van der Waals surface area contributed by atoms with E-state index < -0.39 is 6.10 Å². The van der Waals surface area contributed by atoms with Crippen LogP contribution in [0.15, 0.2) is 48.6 Å². The van der Waals surface area contributed by atoms with Gasteiger partial charge >= 0.3 is 11.9 Å². The molecule has 0 radical (unpaired) electrons. The zero-order valence-corrected chi connectivity index (χ0v) is 33.4. The summed E-state index contributed by atoms with van der Waals surface area (Å²) in [5.74, 6) is 0.179. The maximum Gasteiger partial charge on any atom is 0.306 e. The molecule has 0 fully saturated rings. The first-order valence-corrected chi connectivity index (χ1v) is 21.1. The van der Waals surface area contributed by atoms with E-state index in [0.29, 0.717) is 12.8 Å². The summed E-state index contributed by atoms with van der Waals surface area (Å²) in [5.41, 5.74) is 0. The lowest BCUT2D eigenvalue weighted by atomic mass is 10.0. The van der Waals surface area contributed by atoms with Crippen molar-refractivity contribution in [1.82, 2.24) is 0 Å².